The molecule has 0 spiro atoms. The molecule has 5 nitrogen and oxygen atoms in total. The first-order valence-electron chi connectivity index (χ1n) is 7.58. The Morgan fingerprint density at radius 1 is 1.24 bits per heavy atom. The summed E-state index contributed by atoms with van der Waals surface area (Å²) in [5.41, 5.74) is 1.38. The minimum Gasteiger partial charge on any atom is -0.478 e. The summed E-state index contributed by atoms with van der Waals surface area (Å²) in [6.07, 6.45) is 7.44. The smallest absolute Gasteiger partial charge is 0.335 e. The van der Waals surface area contributed by atoms with E-state index in [0.29, 0.717) is 17.1 Å². The van der Waals surface area contributed by atoms with Crippen molar-refractivity contribution in [2.75, 3.05) is 11.9 Å². The van der Waals surface area contributed by atoms with Crippen LogP contribution in [0.25, 0.3) is 11.1 Å². The van der Waals surface area contributed by atoms with Gasteiger partial charge < -0.3 is 14.8 Å². The summed E-state index contributed by atoms with van der Waals surface area (Å²) in [6, 6.07) is 5.16. The third-order valence-electron chi connectivity index (χ3n) is 3.44. The molecule has 0 unspecified atom stereocenters. The van der Waals surface area contributed by atoms with E-state index in [1.165, 1.54) is 44.2 Å². The Morgan fingerprint density at radius 2 is 2.00 bits per heavy atom. The average Bonchev–Trinajstić information content (AvgIpc) is 2.88. The highest BCUT2D eigenvalue weighted by molar-refractivity contribution is 5.92. The van der Waals surface area contributed by atoms with E-state index in [9.17, 15) is 4.79 Å². The first-order valence-corrected chi connectivity index (χ1v) is 7.58. The first-order chi connectivity index (χ1) is 10.2. The molecule has 1 heterocycles. The van der Waals surface area contributed by atoms with Gasteiger partial charge in [-0.05, 0) is 24.6 Å². The van der Waals surface area contributed by atoms with Crippen molar-refractivity contribution in [3.63, 3.8) is 0 Å². The monoisotopic (exact) mass is 290 g/mol. The van der Waals surface area contributed by atoms with Gasteiger partial charge in [0.2, 0.25) is 0 Å². The number of carbonyl (C=O) groups is 1. The molecule has 1 aromatic carbocycles. The Balaban J connectivity index is 1.81. The summed E-state index contributed by atoms with van der Waals surface area (Å²) in [7, 11) is 0. The van der Waals surface area contributed by atoms with Gasteiger partial charge in [-0.15, -0.1) is 0 Å². The minimum absolute atomic E-state index is 0.209. The van der Waals surface area contributed by atoms with E-state index in [1.54, 1.807) is 6.07 Å². The molecule has 0 aliphatic carbocycles. The fraction of sp³-hybridized carbons (Fsp3) is 0.500. The zero-order valence-electron chi connectivity index (χ0n) is 12.4. The number of unbranched alkanes of at least 4 members (excludes halogenated alkanes) is 5. The highest BCUT2D eigenvalue weighted by Gasteiger charge is 2.09. The van der Waals surface area contributed by atoms with Gasteiger partial charge in [0.25, 0.3) is 6.01 Å². The van der Waals surface area contributed by atoms with Crippen molar-refractivity contribution in [1.82, 2.24) is 4.98 Å². The van der Waals surface area contributed by atoms with Gasteiger partial charge in [-0.1, -0.05) is 39.0 Å². The summed E-state index contributed by atoms with van der Waals surface area (Å²) in [4.78, 5) is 15.2. The Hall–Kier alpha value is -2.04. The predicted molar refractivity (Wildman–Crippen MR) is 82.8 cm³/mol. The number of aromatic nitrogens is 1. The number of carboxylic acid groups (broad SMARTS) is 1. The Labute approximate surface area is 124 Å². The highest BCUT2D eigenvalue weighted by Crippen LogP contribution is 2.20. The third kappa shape index (κ3) is 4.48. The summed E-state index contributed by atoms with van der Waals surface area (Å²) in [5, 5.41) is 12.1. The van der Waals surface area contributed by atoms with E-state index in [1.807, 2.05) is 0 Å². The molecule has 0 amide bonds. The van der Waals surface area contributed by atoms with Crippen LogP contribution in [0.3, 0.4) is 0 Å². The molecule has 0 fully saturated rings. The SMILES string of the molecule is CCCCCCCCNc1nc2ccc(C(=O)O)cc2o1. The van der Waals surface area contributed by atoms with Gasteiger partial charge in [0.1, 0.15) is 5.52 Å². The Kier molecular flexibility index (Phi) is 5.60. The van der Waals surface area contributed by atoms with E-state index < -0.39 is 5.97 Å². The lowest BCUT2D eigenvalue weighted by atomic mass is 10.1. The molecule has 114 valence electrons. The number of nitrogens with zero attached hydrogens (tertiary/aromatic N) is 1. The van der Waals surface area contributed by atoms with E-state index in [4.69, 9.17) is 9.52 Å². The maximum absolute atomic E-state index is 10.9. The van der Waals surface area contributed by atoms with Crippen LogP contribution in [0.15, 0.2) is 22.6 Å². The lowest BCUT2D eigenvalue weighted by Crippen LogP contribution is -2.01. The predicted octanol–water partition coefficient (Wildman–Crippen LogP) is 4.30. The van der Waals surface area contributed by atoms with Gasteiger partial charge in [0, 0.05) is 6.54 Å². The molecule has 0 saturated heterocycles. The maximum atomic E-state index is 10.9. The molecule has 5 heteroatoms. The molecule has 1 aromatic heterocycles. The molecule has 0 aliphatic heterocycles. The average molecular weight is 290 g/mol. The van der Waals surface area contributed by atoms with Crippen LogP contribution in [-0.2, 0) is 0 Å². The van der Waals surface area contributed by atoms with Crippen LogP contribution in [0.5, 0.6) is 0 Å². The normalized spacial score (nSPS) is 10.9. The van der Waals surface area contributed by atoms with Crippen molar-refractivity contribution in [2.45, 2.75) is 45.4 Å². The van der Waals surface area contributed by atoms with Gasteiger partial charge in [-0.25, -0.2) is 4.79 Å². The molecule has 2 rings (SSSR count). The summed E-state index contributed by atoms with van der Waals surface area (Å²) in [5.74, 6) is -0.963. The van der Waals surface area contributed by atoms with Crippen molar-refractivity contribution in [2.24, 2.45) is 0 Å². The number of hydrogen-bond donors (Lipinski definition) is 2. The summed E-state index contributed by atoms with van der Waals surface area (Å²) < 4.78 is 5.52. The Morgan fingerprint density at radius 3 is 2.76 bits per heavy atom. The van der Waals surface area contributed by atoms with Gasteiger partial charge in [0.05, 0.1) is 5.56 Å². The zero-order valence-corrected chi connectivity index (χ0v) is 12.4. The van der Waals surface area contributed by atoms with E-state index in [0.717, 1.165) is 13.0 Å². The maximum Gasteiger partial charge on any atom is 0.335 e. The zero-order chi connectivity index (χ0) is 15.1. The van der Waals surface area contributed by atoms with Crippen molar-refractivity contribution in [3.8, 4) is 0 Å². The molecule has 0 saturated carbocycles. The van der Waals surface area contributed by atoms with Crippen molar-refractivity contribution in [1.29, 1.82) is 0 Å². The minimum atomic E-state index is -0.963. The molecule has 0 bridgehead atoms. The number of benzene rings is 1. The number of rotatable bonds is 9. The first kappa shape index (κ1) is 15.4. The van der Waals surface area contributed by atoms with Crippen molar-refractivity contribution >= 4 is 23.1 Å². The molecule has 2 N–H and O–H groups in total. The van der Waals surface area contributed by atoms with E-state index in [2.05, 4.69) is 17.2 Å². The lowest BCUT2D eigenvalue weighted by Gasteiger charge is -2.01. The largest absolute Gasteiger partial charge is 0.478 e. The van der Waals surface area contributed by atoms with Gasteiger partial charge >= 0.3 is 5.97 Å². The van der Waals surface area contributed by atoms with Gasteiger partial charge in [-0.2, -0.15) is 4.98 Å². The van der Waals surface area contributed by atoms with Crippen LogP contribution in [0, 0.1) is 0 Å². The molecular formula is C16H22N2O3. The standard InChI is InChI=1S/C16H22N2O3/c1-2-3-4-5-6-7-10-17-16-18-13-9-8-12(15(19)20)11-14(13)21-16/h8-9,11H,2-7,10H2,1H3,(H,17,18)(H,19,20). The molecule has 2 aromatic rings. The summed E-state index contributed by atoms with van der Waals surface area (Å²) >= 11 is 0. The van der Waals surface area contributed by atoms with Crippen LogP contribution in [0.4, 0.5) is 6.01 Å². The van der Waals surface area contributed by atoms with Crippen LogP contribution in [0.1, 0.15) is 55.8 Å². The van der Waals surface area contributed by atoms with Crippen LogP contribution < -0.4 is 5.32 Å². The van der Waals surface area contributed by atoms with E-state index in [-0.39, 0.29) is 5.56 Å². The van der Waals surface area contributed by atoms with Crippen LogP contribution in [-0.4, -0.2) is 22.6 Å². The second-order valence-electron chi connectivity index (χ2n) is 5.20. The second-order valence-corrected chi connectivity index (χ2v) is 5.20. The number of hydrogen-bond acceptors (Lipinski definition) is 4. The number of anilines is 1. The third-order valence-corrected chi connectivity index (χ3v) is 3.44. The number of oxazole rings is 1. The quantitative estimate of drug-likeness (QED) is 0.673. The van der Waals surface area contributed by atoms with Crippen molar-refractivity contribution < 1.29 is 14.3 Å². The molecule has 0 atom stereocenters. The second kappa shape index (κ2) is 7.67. The van der Waals surface area contributed by atoms with Crippen LogP contribution in [0.2, 0.25) is 0 Å². The van der Waals surface area contributed by atoms with Crippen molar-refractivity contribution in [3.05, 3.63) is 23.8 Å². The number of fused-ring (bicyclic) bond motifs is 1. The molecule has 0 aliphatic rings. The number of aromatic carboxylic acids is 1. The topological polar surface area (TPSA) is 75.4 Å². The molecule has 0 radical (unpaired) electrons. The van der Waals surface area contributed by atoms with Gasteiger partial charge in [-0.3, -0.25) is 0 Å². The fourth-order valence-corrected chi connectivity index (χ4v) is 2.23. The van der Waals surface area contributed by atoms with Gasteiger partial charge in [0.15, 0.2) is 5.58 Å². The highest BCUT2D eigenvalue weighted by atomic mass is 16.4. The molecular weight excluding hydrogens is 268 g/mol. The Bertz CT molecular complexity index is 592. The van der Waals surface area contributed by atoms with Crippen LogP contribution >= 0.6 is 0 Å². The van der Waals surface area contributed by atoms with E-state index >= 15 is 0 Å². The number of nitrogens with one attached hydrogen (secondary N) is 1. The fourth-order valence-electron chi connectivity index (χ4n) is 2.23. The molecule has 21 heavy (non-hydrogen) atoms. The summed E-state index contributed by atoms with van der Waals surface area (Å²) in [6.45, 7) is 3.04. The number of carboxylic acids is 1. The lowest BCUT2D eigenvalue weighted by molar-refractivity contribution is 0.0697.